The zero-order valence-corrected chi connectivity index (χ0v) is 13.1. The summed E-state index contributed by atoms with van der Waals surface area (Å²) in [6, 6.07) is 2.50. The van der Waals surface area contributed by atoms with Gasteiger partial charge in [-0.25, -0.2) is 4.98 Å². The van der Waals surface area contributed by atoms with Crippen LogP contribution in [0.4, 0.5) is 5.69 Å². The Morgan fingerprint density at radius 2 is 2.24 bits per heavy atom. The van der Waals surface area contributed by atoms with Crippen molar-refractivity contribution in [3.63, 3.8) is 0 Å². The van der Waals surface area contributed by atoms with Crippen molar-refractivity contribution in [2.45, 2.75) is 51.7 Å². The number of hydrogen-bond acceptors (Lipinski definition) is 3. The molecule has 1 fully saturated rings. The molecule has 21 heavy (non-hydrogen) atoms. The Balaban J connectivity index is 2.03. The molecule has 0 amide bonds. The molecule has 2 aromatic rings. The molecule has 1 aliphatic rings. The second-order valence-electron chi connectivity index (χ2n) is 6.35. The van der Waals surface area contributed by atoms with Crippen LogP contribution in [0.1, 0.15) is 38.7 Å². The van der Waals surface area contributed by atoms with Crippen LogP contribution in [0.5, 0.6) is 0 Å². The van der Waals surface area contributed by atoms with Crippen LogP contribution >= 0.6 is 0 Å². The fraction of sp³-hybridized carbons (Fsp3) is 0.588. The smallest absolute Gasteiger partial charge is 0.139 e. The first-order valence-electron chi connectivity index (χ1n) is 7.97. The summed E-state index contributed by atoms with van der Waals surface area (Å²) in [6.07, 6.45) is 7.62. The van der Waals surface area contributed by atoms with Gasteiger partial charge in [0.05, 0.1) is 11.8 Å². The van der Waals surface area contributed by atoms with E-state index in [2.05, 4.69) is 41.8 Å². The van der Waals surface area contributed by atoms with E-state index in [4.69, 9.17) is 0 Å². The van der Waals surface area contributed by atoms with Crippen molar-refractivity contribution in [1.29, 1.82) is 0 Å². The number of anilines is 1. The molecule has 2 aromatic heterocycles. The molecule has 2 N–H and O–H groups in total. The first-order chi connectivity index (χ1) is 10.1. The maximum absolute atomic E-state index is 10.0. The van der Waals surface area contributed by atoms with E-state index >= 15 is 0 Å². The number of rotatable bonds is 3. The standard InChI is InChI=1S/C17H25N3O/c1-4-12-10-19-17-14(7-8-18-17)16(12)20(3)15-9-13(21)6-5-11(15)2/h7-8,10-11,13,15,21H,4-6,9H2,1-3H3,(H,18,19)/t11-,13-,15-/m1/s1. The number of fused-ring (bicyclic) bond motifs is 1. The second-order valence-corrected chi connectivity index (χ2v) is 6.35. The molecule has 2 heterocycles. The minimum atomic E-state index is -0.165. The van der Waals surface area contributed by atoms with Crippen molar-refractivity contribution in [3.8, 4) is 0 Å². The number of aliphatic hydroxyl groups is 1. The first kappa shape index (κ1) is 14.4. The Bertz CT molecular complexity index is 622. The van der Waals surface area contributed by atoms with Crippen LogP contribution in [0.2, 0.25) is 0 Å². The van der Waals surface area contributed by atoms with Gasteiger partial charge in [0.2, 0.25) is 0 Å². The van der Waals surface area contributed by atoms with Gasteiger partial charge in [-0.1, -0.05) is 13.8 Å². The van der Waals surface area contributed by atoms with Gasteiger partial charge in [-0.2, -0.15) is 0 Å². The van der Waals surface area contributed by atoms with Gasteiger partial charge < -0.3 is 15.0 Å². The average Bonchev–Trinajstić information content (AvgIpc) is 2.96. The zero-order valence-electron chi connectivity index (χ0n) is 13.1. The van der Waals surface area contributed by atoms with E-state index in [1.165, 1.54) is 16.6 Å². The van der Waals surface area contributed by atoms with Crippen LogP contribution < -0.4 is 4.90 Å². The molecule has 0 aliphatic heterocycles. The second kappa shape index (κ2) is 5.68. The Hall–Kier alpha value is -1.55. The van der Waals surface area contributed by atoms with E-state index in [-0.39, 0.29) is 6.10 Å². The quantitative estimate of drug-likeness (QED) is 0.912. The van der Waals surface area contributed by atoms with Crippen LogP contribution in [-0.4, -0.2) is 34.3 Å². The highest BCUT2D eigenvalue weighted by atomic mass is 16.3. The van der Waals surface area contributed by atoms with E-state index in [0.717, 1.165) is 31.3 Å². The van der Waals surface area contributed by atoms with Crippen LogP contribution in [0.25, 0.3) is 11.0 Å². The lowest BCUT2D eigenvalue weighted by atomic mass is 9.83. The van der Waals surface area contributed by atoms with Gasteiger partial charge in [0.25, 0.3) is 0 Å². The molecule has 0 bridgehead atoms. The topological polar surface area (TPSA) is 52.2 Å². The third-order valence-corrected chi connectivity index (χ3v) is 4.99. The predicted octanol–water partition coefficient (Wildman–Crippen LogP) is 3.11. The summed E-state index contributed by atoms with van der Waals surface area (Å²) < 4.78 is 0. The maximum Gasteiger partial charge on any atom is 0.139 e. The normalized spacial score (nSPS) is 26.2. The summed E-state index contributed by atoms with van der Waals surface area (Å²) >= 11 is 0. The molecule has 0 saturated heterocycles. The fourth-order valence-corrected chi connectivity index (χ4v) is 3.69. The van der Waals surface area contributed by atoms with Crippen molar-refractivity contribution in [2.75, 3.05) is 11.9 Å². The molecule has 0 radical (unpaired) electrons. The Morgan fingerprint density at radius 1 is 1.43 bits per heavy atom. The predicted molar refractivity (Wildman–Crippen MR) is 86.7 cm³/mol. The Labute approximate surface area is 126 Å². The van der Waals surface area contributed by atoms with E-state index in [9.17, 15) is 5.11 Å². The molecular formula is C17H25N3O. The molecule has 3 atom stereocenters. The highest BCUT2D eigenvalue weighted by Gasteiger charge is 2.31. The van der Waals surface area contributed by atoms with Crippen LogP contribution in [0.15, 0.2) is 18.5 Å². The van der Waals surface area contributed by atoms with Gasteiger partial charge in [0.15, 0.2) is 0 Å². The summed E-state index contributed by atoms with van der Waals surface area (Å²) in [6.45, 7) is 4.47. The molecule has 0 unspecified atom stereocenters. The summed E-state index contributed by atoms with van der Waals surface area (Å²) in [7, 11) is 2.17. The van der Waals surface area contributed by atoms with Gasteiger partial charge in [-0.15, -0.1) is 0 Å². The lowest BCUT2D eigenvalue weighted by Crippen LogP contribution is -2.43. The van der Waals surface area contributed by atoms with Crippen LogP contribution in [0, 0.1) is 5.92 Å². The highest BCUT2D eigenvalue weighted by Crippen LogP contribution is 2.35. The average molecular weight is 287 g/mol. The minimum Gasteiger partial charge on any atom is -0.393 e. The van der Waals surface area contributed by atoms with E-state index < -0.39 is 0 Å². The number of nitrogens with zero attached hydrogens (tertiary/aromatic N) is 2. The van der Waals surface area contributed by atoms with Gasteiger partial charge in [-0.05, 0) is 43.2 Å². The number of H-pyrrole nitrogens is 1. The van der Waals surface area contributed by atoms with Crippen molar-refractivity contribution >= 4 is 16.7 Å². The van der Waals surface area contributed by atoms with E-state index in [0.29, 0.717) is 12.0 Å². The molecular weight excluding hydrogens is 262 g/mol. The molecule has 1 saturated carbocycles. The summed E-state index contributed by atoms with van der Waals surface area (Å²) in [5.41, 5.74) is 3.49. The molecule has 4 nitrogen and oxygen atoms in total. The summed E-state index contributed by atoms with van der Waals surface area (Å²) in [4.78, 5) is 10.1. The van der Waals surface area contributed by atoms with Gasteiger partial charge in [-0.3, -0.25) is 0 Å². The van der Waals surface area contributed by atoms with E-state index in [1.807, 2.05) is 12.4 Å². The molecule has 114 valence electrons. The lowest BCUT2D eigenvalue weighted by Gasteiger charge is -2.40. The Kier molecular flexibility index (Phi) is 3.89. The molecule has 0 spiro atoms. The minimum absolute atomic E-state index is 0.165. The summed E-state index contributed by atoms with van der Waals surface area (Å²) in [5, 5.41) is 11.2. The fourth-order valence-electron chi connectivity index (χ4n) is 3.69. The highest BCUT2D eigenvalue weighted by molar-refractivity contribution is 5.91. The van der Waals surface area contributed by atoms with E-state index in [1.54, 1.807) is 0 Å². The van der Waals surface area contributed by atoms with Crippen LogP contribution in [0.3, 0.4) is 0 Å². The largest absolute Gasteiger partial charge is 0.393 e. The third kappa shape index (κ3) is 2.53. The number of aryl methyl sites for hydroxylation is 1. The molecule has 3 rings (SSSR count). The van der Waals surface area contributed by atoms with Crippen molar-refractivity contribution < 1.29 is 5.11 Å². The SMILES string of the molecule is CCc1cnc2[nH]ccc2c1N(C)[C@@H]1C[C@H](O)CC[C@H]1C. The zero-order chi connectivity index (χ0) is 15.0. The molecule has 0 aromatic carbocycles. The van der Waals surface area contributed by atoms with Crippen molar-refractivity contribution in [2.24, 2.45) is 5.92 Å². The number of hydrogen-bond donors (Lipinski definition) is 2. The number of aliphatic hydroxyl groups excluding tert-OH is 1. The first-order valence-corrected chi connectivity index (χ1v) is 7.97. The maximum atomic E-state index is 10.0. The number of aromatic nitrogens is 2. The number of nitrogens with one attached hydrogen (secondary N) is 1. The van der Waals surface area contributed by atoms with Gasteiger partial charge >= 0.3 is 0 Å². The third-order valence-electron chi connectivity index (χ3n) is 4.99. The van der Waals surface area contributed by atoms with Gasteiger partial charge in [0, 0.05) is 30.9 Å². The van der Waals surface area contributed by atoms with Crippen LogP contribution in [-0.2, 0) is 6.42 Å². The van der Waals surface area contributed by atoms with Crippen molar-refractivity contribution in [3.05, 3.63) is 24.0 Å². The number of pyridine rings is 1. The Morgan fingerprint density at radius 3 is 3.00 bits per heavy atom. The number of aromatic amines is 1. The monoisotopic (exact) mass is 287 g/mol. The molecule has 4 heteroatoms. The lowest BCUT2D eigenvalue weighted by molar-refractivity contribution is 0.0983. The summed E-state index contributed by atoms with van der Waals surface area (Å²) in [5.74, 6) is 0.602. The molecule has 1 aliphatic carbocycles. The van der Waals surface area contributed by atoms with Crippen molar-refractivity contribution in [1.82, 2.24) is 9.97 Å². The van der Waals surface area contributed by atoms with Gasteiger partial charge in [0.1, 0.15) is 5.65 Å².